The van der Waals surface area contributed by atoms with Gasteiger partial charge < -0.3 is 10.2 Å². The number of rotatable bonds is 7. The summed E-state index contributed by atoms with van der Waals surface area (Å²) in [5.74, 6) is -1.35. The lowest BCUT2D eigenvalue weighted by molar-refractivity contribution is 0.0693. The molecule has 0 saturated carbocycles. The maximum absolute atomic E-state index is 11.5. The Kier molecular flexibility index (Phi) is 7.51. The molecule has 190 valence electrons. The molecule has 3 aromatic rings. The Morgan fingerprint density at radius 3 is 2.36 bits per heavy atom. The highest BCUT2D eigenvalue weighted by atomic mass is 16.4. The Hall–Kier alpha value is -3.18. The molecule has 1 aliphatic heterocycles. The fraction of sp³-hybridized carbons (Fsp3) is 0.419. The minimum atomic E-state index is -1.13. The summed E-state index contributed by atoms with van der Waals surface area (Å²) >= 11 is 0. The smallest absolute Gasteiger partial charge is 0.339 e. The predicted octanol–water partition coefficient (Wildman–Crippen LogP) is 6.87. The minimum Gasteiger partial charge on any atom is -0.507 e. The zero-order valence-corrected chi connectivity index (χ0v) is 22.2. The number of aromatic carboxylic acids is 1. The largest absolute Gasteiger partial charge is 0.507 e. The van der Waals surface area contributed by atoms with Crippen molar-refractivity contribution in [3.05, 3.63) is 70.4 Å². The maximum atomic E-state index is 11.5. The van der Waals surface area contributed by atoms with Gasteiger partial charge in [-0.15, -0.1) is 0 Å². The third-order valence-electron chi connectivity index (χ3n) is 7.49. The van der Waals surface area contributed by atoms with E-state index in [-0.39, 0.29) is 16.7 Å². The van der Waals surface area contributed by atoms with Gasteiger partial charge in [-0.3, -0.25) is 9.88 Å². The molecule has 0 aliphatic carbocycles. The molecule has 1 aromatic heterocycles. The van der Waals surface area contributed by atoms with Crippen LogP contribution in [0.4, 0.5) is 0 Å². The van der Waals surface area contributed by atoms with E-state index in [4.69, 9.17) is 4.98 Å². The zero-order valence-electron chi connectivity index (χ0n) is 22.2. The van der Waals surface area contributed by atoms with Crippen LogP contribution < -0.4 is 0 Å². The normalized spacial score (nSPS) is 15.7. The molecule has 1 fully saturated rings. The highest BCUT2D eigenvalue weighted by molar-refractivity contribution is 5.92. The first kappa shape index (κ1) is 25.9. The van der Waals surface area contributed by atoms with Crippen molar-refractivity contribution in [2.75, 3.05) is 13.1 Å². The van der Waals surface area contributed by atoms with Crippen LogP contribution in [0.2, 0.25) is 0 Å². The summed E-state index contributed by atoms with van der Waals surface area (Å²) in [6.45, 7) is 13.9. The van der Waals surface area contributed by atoms with Gasteiger partial charge in [-0.2, -0.15) is 0 Å². The Morgan fingerprint density at radius 2 is 1.78 bits per heavy atom. The summed E-state index contributed by atoms with van der Waals surface area (Å²) in [4.78, 5) is 19.2. The number of benzene rings is 2. The molecular weight excluding hydrogens is 448 g/mol. The molecule has 0 bridgehead atoms. The van der Waals surface area contributed by atoms with Gasteiger partial charge in [-0.1, -0.05) is 52.0 Å². The molecule has 2 N–H and O–H groups in total. The lowest BCUT2D eigenvalue weighted by Gasteiger charge is -2.38. The van der Waals surface area contributed by atoms with Crippen LogP contribution in [0.1, 0.15) is 73.3 Å². The number of carboxylic acid groups (broad SMARTS) is 1. The highest BCUT2D eigenvalue weighted by Crippen LogP contribution is 2.37. The summed E-state index contributed by atoms with van der Waals surface area (Å²) in [6, 6.07) is 13.5. The van der Waals surface area contributed by atoms with E-state index in [1.807, 2.05) is 0 Å². The summed E-state index contributed by atoms with van der Waals surface area (Å²) in [6.07, 6.45) is 4.23. The van der Waals surface area contributed by atoms with Gasteiger partial charge in [0, 0.05) is 24.3 Å². The summed E-state index contributed by atoms with van der Waals surface area (Å²) < 4.78 is 0. The molecule has 0 atom stereocenters. The Bertz CT molecular complexity index is 1260. The number of hydrogen-bond acceptors (Lipinski definition) is 4. The van der Waals surface area contributed by atoms with Crippen LogP contribution in [0.5, 0.6) is 5.75 Å². The van der Waals surface area contributed by atoms with E-state index >= 15 is 0 Å². The van der Waals surface area contributed by atoms with E-state index < -0.39 is 5.97 Å². The van der Waals surface area contributed by atoms with E-state index in [1.165, 1.54) is 35.6 Å². The van der Waals surface area contributed by atoms with E-state index in [0.29, 0.717) is 0 Å². The number of aryl methyl sites for hydroxylation is 3. The summed E-state index contributed by atoms with van der Waals surface area (Å²) in [5.41, 5.74) is 8.75. The van der Waals surface area contributed by atoms with Crippen molar-refractivity contribution in [3.8, 4) is 28.1 Å². The number of phenols is 1. The highest BCUT2D eigenvalue weighted by Gasteiger charge is 2.28. The SMILES string of the molecule is CCc1cccc(CC)c1-c1cc(-c2ccc(C(=O)O)c(O)c2)c(CN2CCCC(C)(C)C2)c(C)n1. The molecule has 1 saturated heterocycles. The van der Waals surface area contributed by atoms with Gasteiger partial charge in [0.05, 0.1) is 5.69 Å². The van der Waals surface area contributed by atoms with E-state index in [1.54, 1.807) is 12.1 Å². The topological polar surface area (TPSA) is 73.7 Å². The second kappa shape index (κ2) is 10.4. The molecule has 0 unspecified atom stereocenters. The van der Waals surface area contributed by atoms with Crippen molar-refractivity contribution in [1.29, 1.82) is 0 Å². The molecular formula is C31H38N2O3. The van der Waals surface area contributed by atoms with E-state index in [9.17, 15) is 15.0 Å². The van der Waals surface area contributed by atoms with Gasteiger partial charge in [-0.25, -0.2) is 4.79 Å². The van der Waals surface area contributed by atoms with Crippen molar-refractivity contribution >= 4 is 5.97 Å². The van der Waals surface area contributed by atoms with Gasteiger partial charge in [0.15, 0.2) is 0 Å². The van der Waals surface area contributed by atoms with Gasteiger partial charge in [0.25, 0.3) is 0 Å². The van der Waals surface area contributed by atoms with Gasteiger partial charge >= 0.3 is 5.97 Å². The first-order chi connectivity index (χ1) is 17.1. The zero-order chi connectivity index (χ0) is 26.0. The average molecular weight is 487 g/mol. The number of pyridine rings is 1. The number of likely N-dealkylation sites (tertiary alicyclic amines) is 1. The van der Waals surface area contributed by atoms with Gasteiger partial charge in [0.2, 0.25) is 0 Å². The molecule has 4 rings (SSSR count). The fourth-order valence-corrected chi connectivity index (χ4v) is 5.64. The van der Waals surface area contributed by atoms with Gasteiger partial charge in [0.1, 0.15) is 11.3 Å². The maximum Gasteiger partial charge on any atom is 0.339 e. The van der Waals surface area contributed by atoms with Crippen LogP contribution in [-0.4, -0.2) is 39.2 Å². The fourth-order valence-electron chi connectivity index (χ4n) is 5.64. The summed E-state index contributed by atoms with van der Waals surface area (Å²) in [7, 11) is 0. The Morgan fingerprint density at radius 1 is 1.08 bits per heavy atom. The minimum absolute atomic E-state index is 0.0892. The van der Waals surface area contributed by atoms with E-state index in [0.717, 1.165) is 60.6 Å². The number of aromatic hydroxyl groups is 1. The number of hydrogen-bond donors (Lipinski definition) is 2. The van der Waals surface area contributed by atoms with Crippen molar-refractivity contribution in [1.82, 2.24) is 9.88 Å². The molecule has 2 aromatic carbocycles. The quantitative estimate of drug-likeness (QED) is 0.381. The second-order valence-corrected chi connectivity index (χ2v) is 10.8. The number of aromatic nitrogens is 1. The van der Waals surface area contributed by atoms with Gasteiger partial charge in [-0.05, 0) is 90.6 Å². The Labute approximate surface area is 214 Å². The van der Waals surface area contributed by atoms with Crippen molar-refractivity contribution < 1.29 is 15.0 Å². The van der Waals surface area contributed by atoms with Crippen molar-refractivity contribution in [3.63, 3.8) is 0 Å². The van der Waals surface area contributed by atoms with Crippen LogP contribution in [0.15, 0.2) is 42.5 Å². The van der Waals surface area contributed by atoms with Crippen LogP contribution in [0, 0.1) is 12.3 Å². The lowest BCUT2D eigenvalue weighted by Crippen LogP contribution is -2.39. The van der Waals surface area contributed by atoms with E-state index in [2.05, 4.69) is 63.8 Å². The van der Waals surface area contributed by atoms with Crippen molar-refractivity contribution in [2.24, 2.45) is 5.41 Å². The number of carbonyl (C=O) groups is 1. The van der Waals surface area contributed by atoms with Crippen LogP contribution in [0.25, 0.3) is 22.4 Å². The molecule has 1 aliphatic rings. The lowest BCUT2D eigenvalue weighted by atomic mass is 9.83. The molecule has 0 radical (unpaired) electrons. The first-order valence-corrected chi connectivity index (χ1v) is 13.0. The van der Waals surface area contributed by atoms with Crippen molar-refractivity contribution in [2.45, 2.75) is 66.8 Å². The predicted molar refractivity (Wildman–Crippen MR) is 146 cm³/mol. The molecule has 0 amide bonds. The molecule has 0 spiro atoms. The first-order valence-electron chi connectivity index (χ1n) is 13.0. The molecule has 2 heterocycles. The second-order valence-electron chi connectivity index (χ2n) is 10.8. The Balaban J connectivity index is 1.90. The average Bonchev–Trinajstić information content (AvgIpc) is 2.83. The molecule has 5 nitrogen and oxygen atoms in total. The number of carboxylic acids is 1. The third kappa shape index (κ3) is 5.31. The van der Waals surface area contributed by atoms with Crippen LogP contribution in [-0.2, 0) is 19.4 Å². The van der Waals surface area contributed by atoms with Crippen LogP contribution in [0.3, 0.4) is 0 Å². The molecule has 36 heavy (non-hydrogen) atoms. The standard InChI is InChI=1S/C31H38N2O3/c1-6-21-10-8-11-22(7-2)29(21)27-17-25(23-12-13-24(30(35)36)28(34)16-23)26(20(3)32-27)18-33-15-9-14-31(4,5)19-33/h8,10-13,16-17,34H,6-7,9,14-15,18-19H2,1-5H3,(H,35,36). The van der Waals surface area contributed by atoms with Crippen LogP contribution >= 0.6 is 0 Å². The summed E-state index contributed by atoms with van der Waals surface area (Å²) in [5, 5.41) is 19.9. The number of piperidine rings is 1. The third-order valence-corrected chi connectivity index (χ3v) is 7.49. The monoisotopic (exact) mass is 486 g/mol. The molecule has 5 heteroatoms. The number of nitrogens with zero attached hydrogens (tertiary/aromatic N) is 2.